The first-order valence-corrected chi connectivity index (χ1v) is 4.21. The standard InChI is InChI=1S/C9H4O8/c10-7(11)15-5-2-1-4-3-6(5)16-9(13)17-8(12)14-4/h1-3H,(H,10,11). The van der Waals surface area contributed by atoms with Gasteiger partial charge in [0.1, 0.15) is 5.75 Å². The van der Waals surface area contributed by atoms with Crippen LogP contribution in [0.2, 0.25) is 0 Å². The fourth-order valence-electron chi connectivity index (χ4n) is 1.11. The molecule has 0 saturated carbocycles. The van der Waals surface area contributed by atoms with E-state index in [2.05, 4.69) is 18.9 Å². The van der Waals surface area contributed by atoms with E-state index < -0.39 is 18.5 Å². The Morgan fingerprint density at radius 3 is 2.53 bits per heavy atom. The van der Waals surface area contributed by atoms with Crippen LogP contribution in [-0.4, -0.2) is 23.6 Å². The molecule has 0 amide bonds. The minimum absolute atomic E-state index is 0.0234. The molecule has 0 aromatic heterocycles. The summed E-state index contributed by atoms with van der Waals surface area (Å²) in [5.41, 5.74) is 0. The topological polar surface area (TPSA) is 108 Å². The molecule has 1 N–H and O–H groups in total. The minimum atomic E-state index is -1.58. The average Bonchev–Trinajstić information content (AvgIpc) is 2.18. The third kappa shape index (κ3) is 2.43. The van der Waals surface area contributed by atoms with Gasteiger partial charge in [-0.05, 0) is 12.1 Å². The van der Waals surface area contributed by atoms with Crippen LogP contribution in [0.1, 0.15) is 0 Å². The monoisotopic (exact) mass is 240 g/mol. The maximum Gasteiger partial charge on any atom is 0.524 e. The molecule has 0 spiro atoms. The van der Waals surface area contributed by atoms with E-state index in [1.54, 1.807) is 0 Å². The van der Waals surface area contributed by atoms with Crippen molar-refractivity contribution >= 4 is 18.5 Å². The molecule has 1 aliphatic rings. The number of fused-ring (bicyclic) bond motifs is 2. The first kappa shape index (κ1) is 10.7. The molecule has 0 fully saturated rings. The van der Waals surface area contributed by atoms with Crippen LogP contribution in [0.3, 0.4) is 0 Å². The number of benzene rings is 1. The maximum absolute atomic E-state index is 10.9. The third-order valence-electron chi connectivity index (χ3n) is 1.67. The SMILES string of the molecule is O=C(O)Oc1ccc2cc1OC(=O)OC(=O)O2. The van der Waals surface area contributed by atoms with Crippen molar-refractivity contribution in [3.05, 3.63) is 18.2 Å². The first-order valence-electron chi connectivity index (χ1n) is 4.21. The highest BCUT2D eigenvalue weighted by molar-refractivity contribution is 5.81. The summed E-state index contributed by atoms with van der Waals surface area (Å²) in [6.07, 6.45) is -4.17. The lowest BCUT2D eigenvalue weighted by Crippen LogP contribution is -2.21. The Morgan fingerprint density at radius 2 is 1.82 bits per heavy atom. The maximum atomic E-state index is 10.9. The Morgan fingerprint density at radius 1 is 1.12 bits per heavy atom. The molecule has 0 radical (unpaired) electrons. The van der Waals surface area contributed by atoms with Crippen molar-refractivity contribution < 1.29 is 38.4 Å². The number of hydrogen-bond acceptors (Lipinski definition) is 7. The molecule has 88 valence electrons. The number of carboxylic acid groups (broad SMARTS) is 1. The molecular weight excluding hydrogens is 236 g/mol. The minimum Gasteiger partial charge on any atom is -0.449 e. The van der Waals surface area contributed by atoms with Crippen LogP contribution in [-0.2, 0) is 4.74 Å². The Hall–Kier alpha value is -2.77. The van der Waals surface area contributed by atoms with Gasteiger partial charge in [0.2, 0.25) is 0 Å². The molecule has 0 atom stereocenters. The van der Waals surface area contributed by atoms with Crippen LogP contribution in [0.15, 0.2) is 18.2 Å². The van der Waals surface area contributed by atoms with E-state index in [0.717, 1.165) is 6.07 Å². The van der Waals surface area contributed by atoms with Crippen LogP contribution in [0, 0.1) is 0 Å². The van der Waals surface area contributed by atoms with Crippen LogP contribution < -0.4 is 14.2 Å². The van der Waals surface area contributed by atoms with Crippen molar-refractivity contribution in [2.75, 3.05) is 0 Å². The molecular formula is C9H4O8. The van der Waals surface area contributed by atoms with Crippen molar-refractivity contribution in [1.29, 1.82) is 0 Å². The Labute approximate surface area is 93.3 Å². The molecule has 17 heavy (non-hydrogen) atoms. The van der Waals surface area contributed by atoms with Gasteiger partial charge in [0, 0.05) is 6.07 Å². The lowest BCUT2D eigenvalue weighted by molar-refractivity contribution is 0.0845. The van der Waals surface area contributed by atoms with Gasteiger partial charge in [-0.3, -0.25) is 0 Å². The van der Waals surface area contributed by atoms with E-state index in [9.17, 15) is 14.4 Å². The quantitative estimate of drug-likeness (QED) is 0.449. The molecule has 0 aliphatic carbocycles. The van der Waals surface area contributed by atoms with Gasteiger partial charge in [-0.1, -0.05) is 0 Å². The number of cyclic esters (lactones) is 2. The molecule has 8 nitrogen and oxygen atoms in total. The van der Waals surface area contributed by atoms with Crippen molar-refractivity contribution in [2.45, 2.75) is 0 Å². The third-order valence-corrected chi connectivity index (χ3v) is 1.67. The van der Waals surface area contributed by atoms with Crippen LogP contribution in [0.25, 0.3) is 0 Å². The van der Waals surface area contributed by atoms with E-state index in [0.29, 0.717) is 0 Å². The average molecular weight is 240 g/mol. The highest BCUT2D eigenvalue weighted by Gasteiger charge is 2.23. The van der Waals surface area contributed by atoms with E-state index in [4.69, 9.17) is 5.11 Å². The van der Waals surface area contributed by atoms with Crippen LogP contribution in [0.5, 0.6) is 17.2 Å². The highest BCUT2D eigenvalue weighted by Crippen LogP contribution is 2.33. The smallest absolute Gasteiger partial charge is 0.449 e. The number of rotatable bonds is 1. The molecule has 1 heterocycles. The van der Waals surface area contributed by atoms with Gasteiger partial charge in [-0.25, -0.2) is 14.4 Å². The van der Waals surface area contributed by atoms with Crippen LogP contribution in [0.4, 0.5) is 14.4 Å². The van der Waals surface area contributed by atoms with Gasteiger partial charge in [-0.15, -0.1) is 0 Å². The summed E-state index contributed by atoms with van der Waals surface area (Å²) in [5, 5.41) is 8.43. The molecule has 8 heteroatoms. The summed E-state index contributed by atoms with van der Waals surface area (Å²) in [6.45, 7) is 0. The fraction of sp³-hybridized carbons (Fsp3) is 0. The van der Waals surface area contributed by atoms with Gasteiger partial charge >= 0.3 is 18.5 Å². The van der Waals surface area contributed by atoms with Gasteiger partial charge in [0.15, 0.2) is 11.5 Å². The van der Waals surface area contributed by atoms with Crippen molar-refractivity contribution in [1.82, 2.24) is 0 Å². The molecule has 1 aromatic carbocycles. The van der Waals surface area contributed by atoms with Crippen molar-refractivity contribution in [2.24, 2.45) is 0 Å². The zero-order valence-electron chi connectivity index (χ0n) is 8.04. The molecule has 2 rings (SSSR count). The van der Waals surface area contributed by atoms with E-state index in [1.165, 1.54) is 12.1 Å². The van der Waals surface area contributed by atoms with Gasteiger partial charge in [-0.2, -0.15) is 0 Å². The summed E-state index contributed by atoms with van der Waals surface area (Å²) in [4.78, 5) is 32.1. The van der Waals surface area contributed by atoms with E-state index in [1.807, 2.05) is 0 Å². The van der Waals surface area contributed by atoms with E-state index >= 15 is 0 Å². The van der Waals surface area contributed by atoms with Crippen LogP contribution >= 0.6 is 0 Å². The molecule has 0 unspecified atom stereocenters. The van der Waals surface area contributed by atoms with E-state index in [-0.39, 0.29) is 17.2 Å². The summed E-state index contributed by atoms with van der Waals surface area (Å²) in [6, 6.07) is 3.55. The number of carbonyl (C=O) groups excluding carboxylic acids is 2. The Balaban J connectivity index is 2.39. The Kier molecular flexibility index (Phi) is 2.53. The predicted octanol–water partition coefficient (Wildman–Crippen LogP) is 1.77. The summed E-state index contributed by atoms with van der Waals surface area (Å²) in [5.74, 6) is -0.436. The van der Waals surface area contributed by atoms with Gasteiger partial charge in [0.05, 0.1) is 0 Å². The summed E-state index contributed by atoms with van der Waals surface area (Å²) in [7, 11) is 0. The summed E-state index contributed by atoms with van der Waals surface area (Å²) < 4.78 is 17.5. The van der Waals surface area contributed by atoms with Gasteiger partial charge < -0.3 is 24.1 Å². The first-order chi connectivity index (χ1) is 8.04. The second-order valence-corrected chi connectivity index (χ2v) is 2.78. The number of ether oxygens (including phenoxy) is 4. The molecule has 2 bridgehead atoms. The normalized spacial score (nSPS) is 13.6. The number of carbonyl (C=O) groups is 3. The highest BCUT2D eigenvalue weighted by atomic mass is 16.8. The lowest BCUT2D eigenvalue weighted by Gasteiger charge is -2.13. The number of hydrogen-bond donors (Lipinski definition) is 1. The summed E-state index contributed by atoms with van der Waals surface area (Å²) >= 11 is 0. The Bertz CT molecular complexity index is 506. The van der Waals surface area contributed by atoms with Crippen molar-refractivity contribution in [3.8, 4) is 17.2 Å². The second-order valence-electron chi connectivity index (χ2n) is 2.78. The predicted molar refractivity (Wildman–Crippen MR) is 48.2 cm³/mol. The second kappa shape index (κ2) is 4.00. The fourth-order valence-corrected chi connectivity index (χ4v) is 1.11. The molecule has 1 aliphatic heterocycles. The zero-order valence-corrected chi connectivity index (χ0v) is 8.04. The zero-order chi connectivity index (χ0) is 12.4. The lowest BCUT2D eigenvalue weighted by atomic mass is 10.3. The van der Waals surface area contributed by atoms with Gasteiger partial charge in [0.25, 0.3) is 0 Å². The largest absolute Gasteiger partial charge is 0.524 e. The molecule has 1 aromatic rings. The molecule has 0 saturated heterocycles. The van der Waals surface area contributed by atoms with Crippen molar-refractivity contribution in [3.63, 3.8) is 0 Å².